The zero-order valence-electron chi connectivity index (χ0n) is 16.5. The van der Waals surface area contributed by atoms with Gasteiger partial charge in [-0.3, -0.25) is 20.2 Å². The molecule has 1 fully saturated rings. The van der Waals surface area contributed by atoms with Crippen molar-refractivity contribution in [2.75, 3.05) is 18.4 Å². The highest BCUT2D eigenvalue weighted by Gasteiger charge is 2.45. The van der Waals surface area contributed by atoms with Crippen LogP contribution in [-0.4, -0.2) is 50.4 Å². The van der Waals surface area contributed by atoms with Gasteiger partial charge in [-0.15, -0.1) is 11.3 Å². The molecule has 0 aliphatic carbocycles. The number of carbonyl (C=O) groups is 2. The van der Waals surface area contributed by atoms with Gasteiger partial charge in [0.2, 0.25) is 5.95 Å². The fraction of sp³-hybridized carbons (Fsp3) is 0.263. The summed E-state index contributed by atoms with van der Waals surface area (Å²) in [4.78, 5) is 45.5. The molecule has 0 spiro atoms. The summed E-state index contributed by atoms with van der Waals surface area (Å²) < 4.78 is 1.59. The predicted octanol–water partition coefficient (Wildman–Crippen LogP) is 3.77. The smallest absolute Gasteiger partial charge is 0.325 e. The number of fused-ring (bicyclic) bond motifs is 1. The van der Waals surface area contributed by atoms with Crippen molar-refractivity contribution in [3.63, 3.8) is 0 Å². The Labute approximate surface area is 189 Å². The molecule has 3 heterocycles. The number of non-ortho nitro benzene ring substituents is 1. The second kappa shape index (κ2) is 7.85. The summed E-state index contributed by atoms with van der Waals surface area (Å²) in [7, 11) is 0. The lowest BCUT2D eigenvalue weighted by molar-refractivity contribution is -0.384. The number of aromatic nitrogens is 2. The van der Waals surface area contributed by atoms with Crippen LogP contribution in [0.3, 0.4) is 0 Å². The van der Waals surface area contributed by atoms with Crippen molar-refractivity contribution in [3.05, 3.63) is 45.0 Å². The first-order chi connectivity index (χ1) is 14.7. The molecule has 1 saturated heterocycles. The van der Waals surface area contributed by atoms with Crippen LogP contribution in [0.25, 0.3) is 20.7 Å². The molecule has 4 rings (SSSR count). The third-order valence-electron chi connectivity index (χ3n) is 5.00. The zero-order chi connectivity index (χ0) is 22.3. The summed E-state index contributed by atoms with van der Waals surface area (Å²) in [6.07, 6.45) is 1.62. The maximum absolute atomic E-state index is 12.0. The summed E-state index contributed by atoms with van der Waals surface area (Å²) in [6.45, 7) is 4.02. The van der Waals surface area contributed by atoms with Crippen LogP contribution < -0.4 is 10.6 Å². The Morgan fingerprint density at radius 2 is 2.10 bits per heavy atom. The average molecular weight is 505 g/mol. The lowest BCUT2D eigenvalue weighted by atomic mass is 10.0. The highest BCUT2D eigenvalue weighted by atomic mass is 79.9. The quantitative estimate of drug-likeness (QED) is 0.296. The number of hydrogen-bond donors (Lipinski definition) is 2. The first-order valence-electron chi connectivity index (χ1n) is 9.24. The van der Waals surface area contributed by atoms with Crippen LogP contribution in [-0.2, 0) is 4.79 Å². The van der Waals surface area contributed by atoms with E-state index in [0.29, 0.717) is 29.2 Å². The van der Waals surface area contributed by atoms with Gasteiger partial charge in [0, 0.05) is 36.1 Å². The molecule has 0 unspecified atom stereocenters. The maximum Gasteiger partial charge on any atom is 0.325 e. The van der Waals surface area contributed by atoms with Gasteiger partial charge in [0.15, 0.2) is 0 Å². The van der Waals surface area contributed by atoms with Crippen molar-refractivity contribution in [2.24, 2.45) is 0 Å². The number of urea groups is 1. The number of nitro benzene ring substituents is 1. The van der Waals surface area contributed by atoms with Crippen LogP contribution in [0.2, 0.25) is 0 Å². The molecular formula is C19H17BrN6O4S. The van der Waals surface area contributed by atoms with E-state index in [1.165, 1.54) is 28.4 Å². The third-order valence-corrected chi connectivity index (χ3v) is 6.71. The average Bonchev–Trinajstić information content (AvgIpc) is 3.22. The van der Waals surface area contributed by atoms with Crippen LogP contribution in [0.1, 0.15) is 13.8 Å². The van der Waals surface area contributed by atoms with Gasteiger partial charge in [-0.1, -0.05) is 0 Å². The molecule has 12 heteroatoms. The molecule has 3 aromatic rings. The summed E-state index contributed by atoms with van der Waals surface area (Å²) in [5, 5.41) is 17.2. The number of nitrogens with one attached hydrogen (secondary N) is 2. The fourth-order valence-electron chi connectivity index (χ4n) is 3.24. The SMILES string of the molecule is CC1(C)C(=O)NC(=O)N1CCNc1ncc(Br)c(-c2cc3cc([N+](=O)[O-])ccc3s2)n1. The van der Waals surface area contributed by atoms with Crippen LogP contribution in [0.15, 0.2) is 34.9 Å². The molecule has 1 aromatic carbocycles. The molecule has 2 aromatic heterocycles. The summed E-state index contributed by atoms with van der Waals surface area (Å²) in [5.41, 5.74) is -0.228. The molecule has 0 saturated carbocycles. The van der Waals surface area contributed by atoms with Gasteiger partial charge >= 0.3 is 6.03 Å². The van der Waals surface area contributed by atoms with E-state index in [2.05, 4.69) is 36.5 Å². The normalized spacial score (nSPS) is 15.4. The largest absolute Gasteiger partial charge is 0.352 e. The molecule has 160 valence electrons. The molecule has 0 atom stereocenters. The highest BCUT2D eigenvalue weighted by Crippen LogP contribution is 2.37. The number of imide groups is 1. The van der Waals surface area contributed by atoms with Crippen molar-refractivity contribution in [1.82, 2.24) is 20.2 Å². The molecule has 2 N–H and O–H groups in total. The number of halogens is 1. The summed E-state index contributed by atoms with van der Waals surface area (Å²) in [5.74, 6) is 0.0371. The van der Waals surface area contributed by atoms with Crippen molar-refractivity contribution < 1.29 is 14.5 Å². The zero-order valence-corrected chi connectivity index (χ0v) is 18.9. The number of benzene rings is 1. The molecule has 3 amide bonds. The third kappa shape index (κ3) is 3.95. The Hall–Kier alpha value is -3.12. The minimum atomic E-state index is -0.913. The second-order valence-electron chi connectivity index (χ2n) is 7.38. The van der Waals surface area contributed by atoms with Crippen LogP contribution in [0.5, 0.6) is 0 Å². The Morgan fingerprint density at radius 3 is 2.77 bits per heavy atom. The van der Waals surface area contributed by atoms with E-state index < -0.39 is 16.5 Å². The van der Waals surface area contributed by atoms with Crippen LogP contribution in [0.4, 0.5) is 16.4 Å². The van der Waals surface area contributed by atoms with Gasteiger partial charge in [-0.2, -0.15) is 0 Å². The van der Waals surface area contributed by atoms with E-state index in [9.17, 15) is 19.7 Å². The molecule has 0 radical (unpaired) electrons. The van der Waals surface area contributed by atoms with Gasteiger partial charge in [-0.25, -0.2) is 14.8 Å². The lowest BCUT2D eigenvalue weighted by Crippen LogP contribution is -2.46. The number of hydrogen-bond acceptors (Lipinski definition) is 8. The number of nitrogens with zero attached hydrogens (tertiary/aromatic N) is 4. The molecule has 31 heavy (non-hydrogen) atoms. The van der Waals surface area contributed by atoms with E-state index in [1.807, 2.05) is 6.07 Å². The van der Waals surface area contributed by atoms with Gasteiger partial charge in [0.05, 0.1) is 14.3 Å². The first kappa shape index (κ1) is 21.1. The van der Waals surface area contributed by atoms with Gasteiger partial charge in [0.25, 0.3) is 11.6 Å². The van der Waals surface area contributed by atoms with Crippen molar-refractivity contribution in [2.45, 2.75) is 19.4 Å². The maximum atomic E-state index is 12.0. The monoisotopic (exact) mass is 504 g/mol. The number of amides is 3. The minimum Gasteiger partial charge on any atom is -0.352 e. The molecule has 10 nitrogen and oxygen atoms in total. The molecule has 1 aliphatic heterocycles. The van der Waals surface area contributed by atoms with Crippen molar-refractivity contribution >= 4 is 60.9 Å². The number of nitro groups is 1. The molecule has 0 bridgehead atoms. The lowest BCUT2D eigenvalue weighted by Gasteiger charge is -2.27. The molecular weight excluding hydrogens is 488 g/mol. The summed E-state index contributed by atoms with van der Waals surface area (Å²) in [6, 6.07) is 6.17. The Bertz CT molecular complexity index is 1230. The van der Waals surface area contributed by atoms with Crippen LogP contribution in [0, 0.1) is 10.1 Å². The second-order valence-corrected chi connectivity index (χ2v) is 9.31. The minimum absolute atomic E-state index is 0.0355. The Kier molecular flexibility index (Phi) is 5.35. The number of thiophene rings is 1. The first-order valence-corrected chi connectivity index (χ1v) is 10.9. The van der Waals surface area contributed by atoms with Crippen LogP contribution >= 0.6 is 27.3 Å². The van der Waals surface area contributed by atoms with E-state index >= 15 is 0 Å². The van der Waals surface area contributed by atoms with E-state index in [-0.39, 0.29) is 11.6 Å². The Balaban J connectivity index is 1.52. The van der Waals surface area contributed by atoms with Crippen molar-refractivity contribution in [3.8, 4) is 10.6 Å². The van der Waals surface area contributed by atoms with E-state index in [1.54, 1.807) is 26.1 Å². The fourth-order valence-corrected chi connectivity index (χ4v) is 4.82. The number of carbonyl (C=O) groups excluding carboxylic acids is 2. The van der Waals surface area contributed by atoms with E-state index in [4.69, 9.17) is 0 Å². The van der Waals surface area contributed by atoms with Crippen molar-refractivity contribution in [1.29, 1.82) is 0 Å². The van der Waals surface area contributed by atoms with Gasteiger partial charge in [0.1, 0.15) is 11.2 Å². The topological polar surface area (TPSA) is 130 Å². The van der Waals surface area contributed by atoms with Gasteiger partial charge in [-0.05, 0) is 47.3 Å². The summed E-state index contributed by atoms with van der Waals surface area (Å²) >= 11 is 4.93. The predicted molar refractivity (Wildman–Crippen MR) is 120 cm³/mol. The Morgan fingerprint density at radius 1 is 1.32 bits per heavy atom. The number of rotatable bonds is 6. The van der Waals surface area contributed by atoms with Gasteiger partial charge < -0.3 is 10.2 Å². The molecule has 1 aliphatic rings. The standard InChI is InChI=1S/C19H17BrN6O4S/c1-19(2)16(27)24-18(28)25(19)6-5-21-17-22-9-12(20)15(23-17)14-8-10-7-11(26(29)30)3-4-13(10)31-14/h3-4,7-9H,5-6H2,1-2H3,(H,21,22,23)(H,24,27,28). The van der Waals surface area contributed by atoms with E-state index in [0.717, 1.165) is 15.0 Å². The highest BCUT2D eigenvalue weighted by molar-refractivity contribution is 9.10. The number of anilines is 1.